The van der Waals surface area contributed by atoms with E-state index in [1.54, 1.807) is 0 Å². The van der Waals surface area contributed by atoms with E-state index < -0.39 is 0 Å². The van der Waals surface area contributed by atoms with Crippen molar-refractivity contribution in [3.05, 3.63) is 326 Å². The Labute approximate surface area is 597 Å². The van der Waals surface area contributed by atoms with E-state index in [1.165, 1.54) is 143 Å². The van der Waals surface area contributed by atoms with Crippen LogP contribution in [0, 0.1) is 0 Å². The number of aromatic nitrogens is 6. The largest absolute Gasteiger partial charge is 0.309 e. The fourth-order valence-corrected chi connectivity index (χ4v) is 20.2. The predicted octanol–water partition coefficient (Wildman–Crippen LogP) is 25.4. The van der Waals surface area contributed by atoms with E-state index in [0.29, 0.717) is 5.95 Å². The van der Waals surface area contributed by atoms with Gasteiger partial charge in [-0.15, -0.1) is 22.7 Å². The maximum Gasteiger partial charge on any atom is 0.235 e. The molecule has 8 heteroatoms. The Morgan fingerprint density at radius 1 is 0.304 bits per heavy atom. The molecule has 0 unspecified atom stereocenters. The second-order valence-corrected chi connectivity index (χ2v) is 30.4. The molecular formula is C94H64N6S2. The summed E-state index contributed by atoms with van der Waals surface area (Å²) in [5.74, 6) is 1.40. The highest BCUT2D eigenvalue weighted by molar-refractivity contribution is 7.27. The Hall–Kier alpha value is -11.9. The van der Waals surface area contributed by atoms with Crippen LogP contribution in [0.25, 0.3) is 174 Å². The second kappa shape index (κ2) is 22.8. The molecule has 22 rings (SSSR count). The van der Waals surface area contributed by atoms with Gasteiger partial charge in [0.25, 0.3) is 0 Å². The van der Waals surface area contributed by atoms with Gasteiger partial charge in [0.15, 0.2) is 5.82 Å². The molecule has 3 aliphatic rings. The number of fused-ring (bicyclic) bond motifs is 21. The van der Waals surface area contributed by atoms with Crippen LogP contribution in [-0.2, 0) is 10.8 Å². The molecule has 19 aromatic rings. The third kappa shape index (κ3) is 8.95. The summed E-state index contributed by atoms with van der Waals surface area (Å²) in [6.07, 6.45) is 4.98. The van der Waals surface area contributed by atoms with Gasteiger partial charge in [-0.3, -0.25) is 4.57 Å². The van der Waals surface area contributed by atoms with Crippen molar-refractivity contribution in [1.82, 2.24) is 29.1 Å². The highest BCUT2D eigenvalue weighted by Crippen LogP contribution is 2.58. The Bertz CT molecular complexity index is 6680. The molecule has 0 saturated heterocycles. The second-order valence-electron chi connectivity index (χ2n) is 28.3. The van der Waals surface area contributed by atoms with Gasteiger partial charge in [0.2, 0.25) is 5.95 Å². The molecule has 482 valence electrons. The minimum Gasteiger partial charge on any atom is -0.309 e. The molecule has 0 aliphatic heterocycles. The molecule has 102 heavy (non-hydrogen) atoms. The van der Waals surface area contributed by atoms with E-state index in [4.69, 9.17) is 19.9 Å². The highest BCUT2D eigenvalue weighted by atomic mass is 32.1. The number of hydrogen-bond acceptors (Lipinski definition) is 6. The zero-order valence-electron chi connectivity index (χ0n) is 56.2. The number of benzene rings is 13. The average molecular weight is 1340 g/mol. The van der Waals surface area contributed by atoms with Crippen molar-refractivity contribution in [2.75, 3.05) is 0 Å². The van der Waals surface area contributed by atoms with Crippen LogP contribution in [0.5, 0.6) is 0 Å². The zero-order chi connectivity index (χ0) is 67.4. The van der Waals surface area contributed by atoms with Crippen LogP contribution in [0.4, 0.5) is 0 Å². The summed E-state index contributed by atoms with van der Waals surface area (Å²) in [7, 11) is 0. The first-order valence-corrected chi connectivity index (χ1v) is 37.1. The summed E-state index contributed by atoms with van der Waals surface area (Å²) in [6.45, 7) is 4.66. The lowest BCUT2D eigenvalue weighted by atomic mass is 9.76. The molecule has 13 aromatic carbocycles. The number of thiophene rings is 2. The van der Waals surface area contributed by atoms with E-state index >= 15 is 0 Å². The maximum absolute atomic E-state index is 5.37. The van der Waals surface area contributed by atoms with Crippen molar-refractivity contribution in [3.63, 3.8) is 0 Å². The Balaban J connectivity index is 0.000000134. The minimum atomic E-state index is -0.0947. The minimum absolute atomic E-state index is 0.0947. The number of para-hydroxylation sites is 2. The van der Waals surface area contributed by atoms with Crippen molar-refractivity contribution < 1.29 is 0 Å². The van der Waals surface area contributed by atoms with Crippen LogP contribution in [0.1, 0.15) is 61.8 Å². The van der Waals surface area contributed by atoms with Crippen LogP contribution >= 0.6 is 22.7 Å². The Morgan fingerprint density at radius 2 is 0.843 bits per heavy atom. The van der Waals surface area contributed by atoms with Gasteiger partial charge in [-0.25, -0.2) is 19.9 Å². The van der Waals surface area contributed by atoms with Gasteiger partial charge in [-0.05, 0) is 130 Å². The molecule has 0 amide bonds. The standard InChI is InChI=1S/C51H35N3S.C43H29N3S/c1-2-14-32(15-3-1)44-31-45(39-22-13-21-38-37-20-6-9-25-48(37)55-49(38)39)53-50(52-44)33-16-12-17-34(28-33)54-46-24-8-5-19-36(46)41-29-40-35-18-4-7-23-42(35)51(26-10-11-27-51)43(40)30-47(41)54;1-43(2)33-17-9-6-14-28(33)29-21-20-27(24-34(29)43)36-25-35(26-12-4-3-5-13-26)44-42(45-36)46-37-18-10-7-16-32(37)40-38(46)23-22-31-30-15-8-11-19-39(30)47-41(31)40/h1-9,12-25,28-31H,10-11,26-27H2;3-25H,1-2H3. The van der Waals surface area contributed by atoms with E-state index in [0.717, 1.165) is 73.1 Å². The monoisotopic (exact) mass is 1340 g/mol. The van der Waals surface area contributed by atoms with E-state index in [1.807, 2.05) is 22.7 Å². The highest BCUT2D eigenvalue weighted by Gasteiger charge is 2.45. The summed E-state index contributed by atoms with van der Waals surface area (Å²) < 4.78 is 9.88. The van der Waals surface area contributed by atoms with Gasteiger partial charge in [-0.1, -0.05) is 257 Å². The Kier molecular flexibility index (Phi) is 13.2. The third-order valence-corrected chi connectivity index (χ3v) is 24.8. The first kappa shape index (κ1) is 59.0. The van der Waals surface area contributed by atoms with Gasteiger partial charge >= 0.3 is 0 Å². The van der Waals surface area contributed by atoms with Crippen LogP contribution < -0.4 is 0 Å². The topological polar surface area (TPSA) is 61.4 Å². The summed E-state index contributed by atoms with van der Waals surface area (Å²) in [5, 5.41) is 10.2. The van der Waals surface area contributed by atoms with Crippen molar-refractivity contribution in [2.24, 2.45) is 0 Å². The van der Waals surface area contributed by atoms with Crippen LogP contribution in [-0.4, -0.2) is 29.1 Å². The molecule has 6 nitrogen and oxygen atoms in total. The summed E-state index contributed by atoms with van der Waals surface area (Å²) in [6, 6.07) is 110. The normalized spacial score (nSPS) is 14.0. The molecular weight excluding hydrogens is 1280 g/mol. The fraction of sp³-hybridized carbons (Fsp3) is 0.0851. The number of nitrogens with zero attached hydrogens (tertiary/aromatic N) is 6. The lowest BCUT2D eigenvalue weighted by Gasteiger charge is -2.26. The van der Waals surface area contributed by atoms with Crippen molar-refractivity contribution in [2.45, 2.75) is 50.4 Å². The van der Waals surface area contributed by atoms with Gasteiger partial charge in [-0.2, -0.15) is 0 Å². The number of hydrogen-bond donors (Lipinski definition) is 0. The van der Waals surface area contributed by atoms with Crippen LogP contribution in [0.15, 0.2) is 303 Å². The lowest BCUT2D eigenvalue weighted by molar-refractivity contribution is 0.550. The lowest BCUT2D eigenvalue weighted by Crippen LogP contribution is -2.20. The molecule has 0 atom stereocenters. The van der Waals surface area contributed by atoms with Gasteiger partial charge < -0.3 is 4.57 Å². The SMILES string of the molecule is CC1(C)c2ccccc2-c2ccc(-c3cc(-c4ccccc4)nc(-n4c5ccccc5c5c6sc7ccccc7c6ccc54)n3)cc21.c1ccc(-c2cc(-c3cccc4c3sc3ccccc34)nc(-c3cccc(-n4c5ccccc5c5cc6c(cc54)C4(CCCC4)c4ccccc4-6)c3)n2)cc1. The first-order chi connectivity index (χ1) is 50.3. The third-order valence-electron chi connectivity index (χ3n) is 22.4. The van der Waals surface area contributed by atoms with Gasteiger partial charge in [0.1, 0.15) is 0 Å². The van der Waals surface area contributed by atoms with Gasteiger partial charge in [0.05, 0.1) is 44.8 Å². The Morgan fingerprint density at radius 3 is 1.59 bits per heavy atom. The molecule has 1 fully saturated rings. The van der Waals surface area contributed by atoms with Crippen molar-refractivity contribution in [1.29, 1.82) is 0 Å². The molecule has 3 aliphatic carbocycles. The predicted molar refractivity (Wildman–Crippen MR) is 428 cm³/mol. The molecule has 1 saturated carbocycles. The van der Waals surface area contributed by atoms with Crippen molar-refractivity contribution >= 4 is 107 Å². The fourth-order valence-electron chi connectivity index (χ4n) is 17.7. The molecule has 6 heterocycles. The number of rotatable bonds is 7. The van der Waals surface area contributed by atoms with E-state index in [2.05, 4.69) is 326 Å². The quantitative estimate of drug-likeness (QED) is 0.160. The van der Waals surface area contributed by atoms with E-state index in [9.17, 15) is 0 Å². The van der Waals surface area contributed by atoms with Gasteiger partial charge in [0, 0.05) is 106 Å². The summed E-state index contributed by atoms with van der Waals surface area (Å²) in [4.78, 5) is 21.3. The van der Waals surface area contributed by atoms with E-state index in [-0.39, 0.29) is 10.8 Å². The van der Waals surface area contributed by atoms with Crippen LogP contribution in [0.3, 0.4) is 0 Å². The molecule has 6 aromatic heterocycles. The molecule has 0 bridgehead atoms. The summed E-state index contributed by atoms with van der Waals surface area (Å²) in [5.41, 5.74) is 26.0. The zero-order valence-corrected chi connectivity index (χ0v) is 57.8. The summed E-state index contributed by atoms with van der Waals surface area (Å²) >= 11 is 3.70. The average Bonchev–Trinajstić information content (AvgIpc) is 1.55. The molecule has 0 radical (unpaired) electrons. The molecule has 1 spiro atoms. The molecule has 0 N–H and O–H groups in total. The van der Waals surface area contributed by atoms with Crippen LogP contribution in [0.2, 0.25) is 0 Å². The van der Waals surface area contributed by atoms with Crippen molar-refractivity contribution in [3.8, 4) is 90.3 Å². The first-order valence-electron chi connectivity index (χ1n) is 35.5. The smallest absolute Gasteiger partial charge is 0.235 e. The maximum atomic E-state index is 5.37.